The molecular formula is C25H31N5O2. The molecule has 0 aliphatic heterocycles. The second-order valence-corrected chi connectivity index (χ2v) is 8.47. The van der Waals surface area contributed by atoms with Crippen molar-refractivity contribution < 1.29 is 9.90 Å². The Hall–Kier alpha value is -3.32. The minimum atomic E-state index is -0.499. The summed E-state index contributed by atoms with van der Waals surface area (Å²) < 4.78 is 1.82. The first-order valence-corrected chi connectivity index (χ1v) is 11.2. The molecule has 0 unspecified atom stereocenters. The third-order valence-electron chi connectivity index (χ3n) is 6.38. The van der Waals surface area contributed by atoms with Crippen molar-refractivity contribution in [1.29, 1.82) is 0 Å². The lowest BCUT2D eigenvalue weighted by atomic mass is 9.91. The van der Waals surface area contributed by atoms with Gasteiger partial charge in [-0.15, -0.1) is 0 Å². The molecule has 2 atom stereocenters. The Morgan fingerprint density at radius 2 is 2.00 bits per heavy atom. The molecule has 0 bridgehead atoms. The molecule has 2 aromatic carbocycles. The van der Waals surface area contributed by atoms with Gasteiger partial charge < -0.3 is 21.5 Å². The van der Waals surface area contributed by atoms with E-state index in [1.165, 1.54) is 0 Å². The summed E-state index contributed by atoms with van der Waals surface area (Å²) in [4.78, 5) is 13.2. The fourth-order valence-electron chi connectivity index (χ4n) is 4.43. The van der Waals surface area contributed by atoms with Crippen LogP contribution in [0.4, 0.5) is 11.4 Å². The van der Waals surface area contributed by atoms with Crippen molar-refractivity contribution in [3.63, 3.8) is 0 Å². The van der Waals surface area contributed by atoms with E-state index in [4.69, 9.17) is 5.73 Å². The maximum absolute atomic E-state index is 13.2. The standard InChI is InChI=1S/C25H31N5O2/c1-16-18(14-17-8-10-19(11-9-17)30-13-5-12-28-30)15-20(24(27-2)23(16)26)25(32)29-21-6-3-4-7-22(21)31/h5,8-13,15,21-22,27,31H,3-4,6-7,14,26H2,1-2H3,(H,29,32)/t21-,22-/m0/s1. The molecule has 1 amide bonds. The molecule has 1 fully saturated rings. The van der Waals surface area contributed by atoms with Crippen LogP contribution in [0.3, 0.4) is 0 Å². The number of nitrogens with zero attached hydrogens (tertiary/aromatic N) is 2. The predicted octanol–water partition coefficient (Wildman–Crippen LogP) is 3.43. The largest absolute Gasteiger partial charge is 0.397 e. The van der Waals surface area contributed by atoms with Crippen LogP contribution in [0.2, 0.25) is 0 Å². The van der Waals surface area contributed by atoms with Gasteiger partial charge in [0.15, 0.2) is 0 Å². The van der Waals surface area contributed by atoms with Crippen LogP contribution in [-0.4, -0.2) is 40.0 Å². The Labute approximate surface area is 188 Å². The number of amides is 1. The fraction of sp³-hybridized carbons (Fsp3) is 0.360. The molecule has 0 saturated heterocycles. The number of hydrogen-bond donors (Lipinski definition) is 4. The Kier molecular flexibility index (Phi) is 6.46. The molecule has 1 saturated carbocycles. The molecule has 1 aliphatic carbocycles. The van der Waals surface area contributed by atoms with E-state index in [2.05, 4.69) is 27.9 Å². The third kappa shape index (κ3) is 4.48. The zero-order valence-electron chi connectivity index (χ0n) is 18.6. The topological polar surface area (TPSA) is 105 Å². The SMILES string of the molecule is CNc1c(C(=O)N[C@H]2CCCC[C@@H]2O)cc(Cc2ccc(-n3cccn3)cc2)c(C)c1N. The highest BCUT2D eigenvalue weighted by molar-refractivity contribution is 6.03. The number of carbonyl (C=O) groups excluding carboxylic acids is 1. The lowest BCUT2D eigenvalue weighted by molar-refractivity contribution is 0.0718. The molecule has 7 heteroatoms. The number of aromatic nitrogens is 2. The van der Waals surface area contributed by atoms with E-state index in [9.17, 15) is 9.90 Å². The lowest BCUT2D eigenvalue weighted by Crippen LogP contribution is -2.45. The van der Waals surface area contributed by atoms with E-state index >= 15 is 0 Å². The highest BCUT2D eigenvalue weighted by atomic mass is 16.3. The summed E-state index contributed by atoms with van der Waals surface area (Å²) in [5.74, 6) is -0.206. The van der Waals surface area contributed by atoms with Crippen LogP contribution in [0.25, 0.3) is 5.69 Å². The second kappa shape index (κ2) is 9.44. The average molecular weight is 434 g/mol. The Morgan fingerprint density at radius 3 is 2.66 bits per heavy atom. The van der Waals surface area contributed by atoms with Gasteiger partial charge in [-0.2, -0.15) is 5.10 Å². The fourth-order valence-corrected chi connectivity index (χ4v) is 4.43. The average Bonchev–Trinajstić information content (AvgIpc) is 3.34. The summed E-state index contributed by atoms with van der Waals surface area (Å²) in [6.07, 6.45) is 7.34. The van der Waals surface area contributed by atoms with Gasteiger partial charge in [0.05, 0.1) is 34.8 Å². The number of nitrogens with one attached hydrogen (secondary N) is 2. The van der Waals surface area contributed by atoms with E-state index in [1.807, 2.05) is 42.1 Å². The second-order valence-electron chi connectivity index (χ2n) is 8.47. The van der Waals surface area contributed by atoms with Gasteiger partial charge in [0.2, 0.25) is 0 Å². The van der Waals surface area contributed by atoms with Gasteiger partial charge in [-0.05, 0) is 67.1 Å². The molecule has 0 spiro atoms. The maximum atomic E-state index is 13.2. The number of carbonyl (C=O) groups is 1. The highest BCUT2D eigenvalue weighted by Crippen LogP contribution is 2.32. The van der Waals surface area contributed by atoms with Gasteiger partial charge in [-0.3, -0.25) is 4.79 Å². The molecule has 7 nitrogen and oxygen atoms in total. The van der Waals surface area contributed by atoms with E-state index < -0.39 is 6.10 Å². The Balaban J connectivity index is 1.60. The molecule has 1 aliphatic rings. The van der Waals surface area contributed by atoms with Crippen molar-refractivity contribution in [2.45, 2.75) is 51.2 Å². The third-order valence-corrected chi connectivity index (χ3v) is 6.38. The minimum Gasteiger partial charge on any atom is -0.397 e. The number of aliphatic hydroxyl groups excluding tert-OH is 1. The molecule has 3 aromatic rings. The van der Waals surface area contributed by atoms with E-state index in [0.29, 0.717) is 23.4 Å². The van der Waals surface area contributed by atoms with Gasteiger partial charge in [0, 0.05) is 19.4 Å². The van der Waals surface area contributed by atoms with E-state index in [0.717, 1.165) is 48.1 Å². The Morgan fingerprint density at radius 1 is 1.25 bits per heavy atom. The summed E-state index contributed by atoms with van der Waals surface area (Å²) in [6.45, 7) is 1.98. The quantitative estimate of drug-likeness (QED) is 0.446. The normalized spacial score (nSPS) is 18.3. The van der Waals surface area contributed by atoms with E-state index in [1.54, 1.807) is 13.2 Å². The van der Waals surface area contributed by atoms with Crippen molar-refractivity contribution in [3.8, 4) is 5.69 Å². The molecule has 5 N–H and O–H groups in total. The van der Waals surface area contributed by atoms with Crippen LogP contribution >= 0.6 is 0 Å². The van der Waals surface area contributed by atoms with Crippen molar-refractivity contribution >= 4 is 17.3 Å². The lowest BCUT2D eigenvalue weighted by Gasteiger charge is -2.29. The summed E-state index contributed by atoms with van der Waals surface area (Å²) in [6, 6.07) is 11.8. The summed E-state index contributed by atoms with van der Waals surface area (Å²) in [5, 5.41) is 20.6. The van der Waals surface area contributed by atoms with Gasteiger partial charge in [0.25, 0.3) is 5.91 Å². The minimum absolute atomic E-state index is 0.206. The molecule has 168 valence electrons. The number of hydrogen-bond acceptors (Lipinski definition) is 5. The van der Waals surface area contributed by atoms with Gasteiger partial charge in [0.1, 0.15) is 0 Å². The zero-order chi connectivity index (χ0) is 22.7. The first-order valence-electron chi connectivity index (χ1n) is 11.2. The molecule has 1 aromatic heterocycles. The van der Waals surface area contributed by atoms with Crippen LogP contribution in [0.1, 0.15) is 52.7 Å². The van der Waals surface area contributed by atoms with Crippen molar-refractivity contribution in [3.05, 3.63) is 71.0 Å². The smallest absolute Gasteiger partial charge is 0.253 e. The van der Waals surface area contributed by atoms with Crippen molar-refractivity contribution in [2.75, 3.05) is 18.1 Å². The molecule has 1 heterocycles. The zero-order valence-corrected chi connectivity index (χ0v) is 18.6. The predicted molar refractivity (Wildman–Crippen MR) is 127 cm³/mol. The van der Waals surface area contributed by atoms with Crippen LogP contribution in [-0.2, 0) is 6.42 Å². The van der Waals surface area contributed by atoms with Crippen LogP contribution in [0, 0.1) is 6.92 Å². The van der Waals surface area contributed by atoms with Crippen molar-refractivity contribution in [2.24, 2.45) is 0 Å². The molecule has 32 heavy (non-hydrogen) atoms. The van der Waals surface area contributed by atoms with Crippen LogP contribution in [0.5, 0.6) is 0 Å². The van der Waals surface area contributed by atoms with Gasteiger partial charge >= 0.3 is 0 Å². The maximum Gasteiger partial charge on any atom is 0.253 e. The van der Waals surface area contributed by atoms with Gasteiger partial charge in [-0.1, -0.05) is 25.0 Å². The van der Waals surface area contributed by atoms with Gasteiger partial charge in [-0.25, -0.2) is 4.68 Å². The van der Waals surface area contributed by atoms with E-state index in [-0.39, 0.29) is 11.9 Å². The molecular weight excluding hydrogens is 402 g/mol. The summed E-state index contributed by atoms with van der Waals surface area (Å²) in [5.41, 5.74) is 12.2. The first kappa shape index (κ1) is 21.9. The van der Waals surface area contributed by atoms with Crippen LogP contribution < -0.4 is 16.4 Å². The molecule has 0 radical (unpaired) electrons. The number of benzene rings is 2. The summed E-state index contributed by atoms with van der Waals surface area (Å²) >= 11 is 0. The monoisotopic (exact) mass is 433 g/mol. The number of nitrogens with two attached hydrogens (primary N) is 1. The number of aliphatic hydroxyl groups is 1. The van der Waals surface area contributed by atoms with Crippen molar-refractivity contribution in [1.82, 2.24) is 15.1 Å². The highest BCUT2D eigenvalue weighted by Gasteiger charge is 2.26. The molecule has 4 rings (SSSR count). The first-order chi connectivity index (χ1) is 15.5. The Bertz CT molecular complexity index is 1080. The summed E-state index contributed by atoms with van der Waals surface area (Å²) in [7, 11) is 1.77. The number of anilines is 2. The van der Waals surface area contributed by atoms with Crippen LogP contribution in [0.15, 0.2) is 48.8 Å². The number of nitrogen functional groups attached to an aromatic ring is 1. The number of rotatable bonds is 6.